The minimum absolute atomic E-state index is 0.000648. The van der Waals surface area contributed by atoms with E-state index < -0.39 is 0 Å². The van der Waals surface area contributed by atoms with Crippen molar-refractivity contribution in [2.75, 3.05) is 0 Å². The molecule has 0 fully saturated rings. The van der Waals surface area contributed by atoms with Gasteiger partial charge in [0.2, 0.25) is 5.78 Å². The third kappa shape index (κ3) is 1.27. The zero-order valence-electron chi connectivity index (χ0n) is 8.55. The van der Waals surface area contributed by atoms with Crippen LogP contribution in [0.1, 0.15) is 10.4 Å². The molecule has 0 aromatic heterocycles. The van der Waals surface area contributed by atoms with E-state index in [1.165, 1.54) is 0 Å². The minimum Gasteiger partial charge on any atom is -0.287 e. The van der Waals surface area contributed by atoms with Crippen molar-refractivity contribution in [2.24, 2.45) is 4.99 Å². The average molecular weight is 207 g/mol. The Labute approximate surface area is 92.9 Å². The number of fused-ring (bicyclic) bond motifs is 1. The molecule has 0 N–H and O–H groups in total. The molecule has 0 bridgehead atoms. The monoisotopic (exact) mass is 207 g/mol. The summed E-state index contributed by atoms with van der Waals surface area (Å²) in [6.07, 6.45) is 3.38. The van der Waals surface area contributed by atoms with E-state index in [4.69, 9.17) is 0 Å². The second-order valence-electron chi connectivity index (χ2n) is 3.69. The van der Waals surface area contributed by atoms with Gasteiger partial charge in [0.1, 0.15) is 5.71 Å². The summed E-state index contributed by atoms with van der Waals surface area (Å²) in [5.41, 5.74) is 1.26. The maximum Gasteiger partial charge on any atom is 0.212 e. The molecule has 0 spiro atoms. The molecular formula is C14H9NO. The number of nitrogens with zero attached hydrogens (tertiary/aromatic N) is 1. The summed E-state index contributed by atoms with van der Waals surface area (Å²) >= 11 is 0. The molecule has 2 nitrogen and oxygen atoms in total. The smallest absolute Gasteiger partial charge is 0.212 e. The van der Waals surface area contributed by atoms with E-state index in [2.05, 4.69) is 4.99 Å². The highest BCUT2D eigenvalue weighted by molar-refractivity contribution is 6.52. The van der Waals surface area contributed by atoms with Crippen LogP contribution >= 0.6 is 0 Å². The van der Waals surface area contributed by atoms with Crippen molar-refractivity contribution >= 4 is 22.3 Å². The van der Waals surface area contributed by atoms with Crippen molar-refractivity contribution in [3.8, 4) is 0 Å². The molecule has 0 saturated heterocycles. The summed E-state index contributed by atoms with van der Waals surface area (Å²) in [6.45, 7) is 0. The quantitative estimate of drug-likeness (QED) is 0.696. The largest absolute Gasteiger partial charge is 0.287 e. The van der Waals surface area contributed by atoms with Crippen LogP contribution in [0.5, 0.6) is 0 Å². The standard InChI is InChI=1S/C14H9NO/c16-14(13-8-9-15-13)12-7-3-5-10-4-1-2-6-11(10)12/h1-9H. The molecule has 0 unspecified atom stereocenters. The fraction of sp³-hybridized carbons (Fsp3) is 0. The summed E-state index contributed by atoms with van der Waals surface area (Å²) < 4.78 is 0. The van der Waals surface area contributed by atoms with Gasteiger partial charge < -0.3 is 0 Å². The lowest BCUT2D eigenvalue weighted by Gasteiger charge is -2.07. The highest BCUT2D eigenvalue weighted by Gasteiger charge is 2.16. The minimum atomic E-state index is -0.000648. The van der Waals surface area contributed by atoms with Crippen LogP contribution in [-0.4, -0.2) is 11.5 Å². The highest BCUT2D eigenvalue weighted by Crippen LogP contribution is 2.20. The number of rotatable bonds is 2. The van der Waals surface area contributed by atoms with Gasteiger partial charge in [-0.2, -0.15) is 0 Å². The Balaban J connectivity index is 2.19. The maximum atomic E-state index is 12.1. The van der Waals surface area contributed by atoms with E-state index in [1.54, 1.807) is 12.3 Å². The molecule has 0 aliphatic carbocycles. The van der Waals surface area contributed by atoms with Crippen LogP contribution in [0.15, 0.2) is 59.7 Å². The number of aliphatic imine (C=N–C) groups is 1. The van der Waals surface area contributed by atoms with Gasteiger partial charge in [-0.25, -0.2) is 0 Å². The number of benzene rings is 2. The van der Waals surface area contributed by atoms with Crippen LogP contribution in [0.4, 0.5) is 0 Å². The summed E-state index contributed by atoms with van der Waals surface area (Å²) in [5, 5.41) is 2.07. The van der Waals surface area contributed by atoms with Gasteiger partial charge in [-0.15, -0.1) is 0 Å². The first-order valence-corrected chi connectivity index (χ1v) is 5.13. The summed E-state index contributed by atoms with van der Waals surface area (Å²) in [7, 11) is 0. The van der Waals surface area contributed by atoms with E-state index in [0.717, 1.165) is 16.3 Å². The lowest BCUT2D eigenvalue weighted by atomic mass is 9.98. The summed E-state index contributed by atoms with van der Waals surface area (Å²) in [5.74, 6) is -0.000648. The molecule has 1 aliphatic heterocycles. The molecule has 2 aromatic rings. The first kappa shape index (κ1) is 9.04. The number of carbonyl (C=O) groups is 1. The Morgan fingerprint density at radius 2 is 1.75 bits per heavy atom. The van der Waals surface area contributed by atoms with Crippen molar-refractivity contribution in [3.05, 3.63) is 60.3 Å². The SMILES string of the molecule is O=C(C1=NC=C1)c1cccc2ccccc12. The van der Waals surface area contributed by atoms with Gasteiger partial charge in [0, 0.05) is 11.8 Å². The number of allylic oxidation sites excluding steroid dienone is 1. The molecule has 0 atom stereocenters. The zero-order valence-corrected chi connectivity index (χ0v) is 8.55. The van der Waals surface area contributed by atoms with Crippen LogP contribution in [0.3, 0.4) is 0 Å². The average Bonchev–Trinajstić information content (AvgIpc) is 2.26. The lowest BCUT2D eigenvalue weighted by molar-refractivity contribution is 0.106. The van der Waals surface area contributed by atoms with Crippen molar-refractivity contribution in [3.63, 3.8) is 0 Å². The van der Waals surface area contributed by atoms with Gasteiger partial charge in [0.05, 0.1) is 0 Å². The van der Waals surface area contributed by atoms with E-state index in [9.17, 15) is 4.79 Å². The molecule has 1 aliphatic rings. The fourth-order valence-corrected chi connectivity index (χ4v) is 1.84. The Morgan fingerprint density at radius 3 is 2.50 bits per heavy atom. The number of ketones is 1. The zero-order chi connectivity index (χ0) is 11.0. The Bertz CT molecular complexity index is 633. The van der Waals surface area contributed by atoms with E-state index in [0.29, 0.717) is 5.71 Å². The number of Topliss-reactive ketones (excluding diaryl/α,β-unsaturated/α-hetero) is 1. The maximum absolute atomic E-state index is 12.1. The predicted molar refractivity (Wildman–Crippen MR) is 64.9 cm³/mol. The Morgan fingerprint density at radius 1 is 1.00 bits per heavy atom. The highest BCUT2D eigenvalue weighted by atomic mass is 16.1. The molecule has 3 rings (SSSR count). The van der Waals surface area contributed by atoms with Gasteiger partial charge in [-0.05, 0) is 16.8 Å². The van der Waals surface area contributed by atoms with Crippen LogP contribution in [-0.2, 0) is 0 Å². The third-order valence-corrected chi connectivity index (χ3v) is 2.71. The molecule has 0 saturated carbocycles. The van der Waals surface area contributed by atoms with Gasteiger partial charge in [0.15, 0.2) is 0 Å². The molecule has 1 heterocycles. The predicted octanol–water partition coefficient (Wildman–Crippen LogP) is 2.99. The summed E-state index contributed by atoms with van der Waals surface area (Å²) in [4.78, 5) is 16.0. The van der Waals surface area contributed by atoms with E-state index in [1.807, 2.05) is 42.5 Å². The third-order valence-electron chi connectivity index (χ3n) is 2.71. The molecule has 76 valence electrons. The molecule has 2 heteroatoms. The number of hydrogen-bond donors (Lipinski definition) is 0. The van der Waals surface area contributed by atoms with Crippen LogP contribution in [0, 0.1) is 0 Å². The first-order chi connectivity index (χ1) is 7.86. The van der Waals surface area contributed by atoms with Crippen LogP contribution < -0.4 is 0 Å². The first-order valence-electron chi connectivity index (χ1n) is 5.13. The van der Waals surface area contributed by atoms with Crippen LogP contribution in [0.2, 0.25) is 0 Å². The normalized spacial score (nSPS) is 13.4. The molecule has 0 radical (unpaired) electrons. The Hall–Kier alpha value is -2.22. The summed E-state index contributed by atoms with van der Waals surface area (Å²) in [6, 6.07) is 13.6. The van der Waals surface area contributed by atoms with Crippen molar-refractivity contribution in [1.82, 2.24) is 0 Å². The van der Waals surface area contributed by atoms with E-state index >= 15 is 0 Å². The van der Waals surface area contributed by atoms with Crippen LogP contribution in [0.25, 0.3) is 10.8 Å². The Kier molecular flexibility index (Phi) is 1.93. The van der Waals surface area contributed by atoms with Gasteiger partial charge in [0.25, 0.3) is 0 Å². The molecule has 16 heavy (non-hydrogen) atoms. The number of carbonyl (C=O) groups excluding carboxylic acids is 1. The fourth-order valence-electron chi connectivity index (χ4n) is 1.84. The van der Waals surface area contributed by atoms with Crippen molar-refractivity contribution < 1.29 is 4.79 Å². The second kappa shape index (κ2) is 3.42. The lowest BCUT2D eigenvalue weighted by Crippen LogP contribution is -2.15. The second-order valence-corrected chi connectivity index (χ2v) is 3.69. The molecule has 2 aromatic carbocycles. The molecule has 0 amide bonds. The topological polar surface area (TPSA) is 29.4 Å². The van der Waals surface area contributed by atoms with Crippen molar-refractivity contribution in [2.45, 2.75) is 0 Å². The van der Waals surface area contributed by atoms with E-state index in [-0.39, 0.29) is 5.78 Å². The van der Waals surface area contributed by atoms with Gasteiger partial charge in [-0.1, -0.05) is 42.5 Å². The van der Waals surface area contributed by atoms with Gasteiger partial charge in [-0.3, -0.25) is 9.79 Å². The van der Waals surface area contributed by atoms with Crippen molar-refractivity contribution in [1.29, 1.82) is 0 Å². The number of hydrogen-bond acceptors (Lipinski definition) is 2. The van der Waals surface area contributed by atoms with Gasteiger partial charge >= 0.3 is 0 Å². The molecular weight excluding hydrogens is 198 g/mol.